The van der Waals surface area contributed by atoms with E-state index in [1.165, 1.54) is 42.6 Å². The van der Waals surface area contributed by atoms with E-state index in [1.54, 1.807) is 12.3 Å². The number of aromatic nitrogens is 2. The maximum absolute atomic E-state index is 14.1. The topological polar surface area (TPSA) is 114 Å². The van der Waals surface area contributed by atoms with Crippen LogP contribution in [0.3, 0.4) is 0 Å². The fraction of sp³-hybridized carbons (Fsp3) is 0.267. The average molecular weight is 598 g/mol. The molecule has 2 aromatic carbocycles. The van der Waals surface area contributed by atoms with Crippen molar-refractivity contribution in [3.8, 4) is 22.6 Å². The summed E-state index contributed by atoms with van der Waals surface area (Å²) in [6.45, 7) is -1.38. The monoisotopic (exact) mass is 597 g/mol. The Kier molecular flexibility index (Phi) is 6.90. The molecule has 8 nitrogen and oxygen atoms in total. The molecule has 3 N–H and O–H groups in total. The highest BCUT2D eigenvalue weighted by molar-refractivity contribution is 5.95. The maximum atomic E-state index is 14.1. The van der Waals surface area contributed by atoms with Gasteiger partial charge in [-0.05, 0) is 59.4 Å². The number of carbonyl (C=O) groups excluding carboxylic acids is 2. The Morgan fingerprint density at radius 3 is 2.37 bits per heavy atom. The number of oxazole rings is 1. The van der Waals surface area contributed by atoms with Crippen LogP contribution in [0.25, 0.3) is 22.6 Å². The highest BCUT2D eigenvalue weighted by Crippen LogP contribution is 2.47. The van der Waals surface area contributed by atoms with E-state index in [0.29, 0.717) is 17.8 Å². The van der Waals surface area contributed by atoms with Crippen molar-refractivity contribution >= 4 is 17.6 Å². The number of pyridine rings is 1. The molecular formula is C30H24F5N5O3. The summed E-state index contributed by atoms with van der Waals surface area (Å²) in [5.41, 5.74) is 6.02. The van der Waals surface area contributed by atoms with Gasteiger partial charge in [-0.15, -0.1) is 0 Å². The summed E-state index contributed by atoms with van der Waals surface area (Å²) in [7, 11) is 0. The SMILES string of the molecule is Nc1ccc([C@H]2C[C@@H]2C(=O)NCc2cnc(-c3ccc(-c4ccc(C(=O)N5CC(F)(F)C5)cc4)cc3C(F)(F)F)o2)cn1. The van der Waals surface area contributed by atoms with E-state index in [1.807, 2.05) is 6.07 Å². The molecule has 0 spiro atoms. The molecule has 2 aromatic heterocycles. The van der Waals surface area contributed by atoms with Crippen molar-refractivity contribution in [3.05, 3.63) is 89.4 Å². The first kappa shape index (κ1) is 28.3. The van der Waals surface area contributed by atoms with Crippen LogP contribution in [0.5, 0.6) is 0 Å². The van der Waals surface area contributed by atoms with Gasteiger partial charge in [0, 0.05) is 23.2 Å². The number of alkyl halides is 5. The third kappa shape index (κ3) is 5.92. The van der Waals surface area contributed by atoms with Gasteiger partial charge in [-0.25, -0.2) is 18.7 Å². The third-order valence-corrected chi connectivity index (χ3v) is 7.51. The highest BCUT2D eigenvalue weighted by atomic mass is 19.4. The Bertz CT molecular complexity index is 1680. The van der Waals surface area contributed by atoms with Crippen molar-refractivity contribution in [1.29, 1.82) is 0 Å². The number of anilines is 1. The number of nitrogen functional groups attached to an aromatic ring is 1. The smallest absolute Gasteiger partial charge is 0.417 e. The second-order valence-corrected chi connectivity index (χ2v) is 10.7. The molecule has 13 heteroatoms. The number of hydrogen-bond acceptors (Lipinski definition) is 6. The number of nitrogens with two attached hydrogens (primary N) is 1. The Morgan fingerprint density at radius 2 is 1.72 bits per heavy atom. The van der Waals surface area contributed by atoms with Crippen molar-refractivity contribution in [2.24, 2.45) is 5.92 Å². The van der Waals surface area contributed by atoms with Gasteiger partial charge in [0.15, 0.2) is 0 Å². The quantitative estimate of drug-likeness (QED) is 0.272. The summed E-state index contributed by atoms with van der Waals surface area (Å²) in [5.74, 6) is -3.59. The number of amides is 2. The van der Waals surface area contributed by atoms with Crippen LogP contribution in [0.2, 0.25) is 0 Å². The van der Waals surface area contributed by atoms with Gasteiger partial charge in [0.1, 0.15) is 11.6 Å². The van der Waals surface area contributed by atoms with Crippen LogP contribution < -0.4 is 11.1 Å². The second kappa shape index (κ2) is 10.5. The maximum Gasteiger partial charge on any atom is 0.417 e. The Hall–Kier alpha value is -4.81. The van der Waals surface area contributed by atoms with Crippen LogP contribution in [0.4, 0.5) is 27.8 Å². The lowest BCUT2D eigenvalue weighted by atomic mass is 9.97. The molecule has 6 rings (SSSR count). The number of benzene rings is 2. The number of halogens is 5. The molecule has 0 radical (unpaired) electrons. The molecule has 0 unspecified atom stereocenters. The van der Waals surface area contributed by atoms with Crippen LogP contribution in [0.1, 0.15) is 39.6 Å². The van der Waals surface area contributed by atoms with Crippen molar-refractivity contribution in [2.45, 2.75) is 31.0 Å². The summed E-state index contributed by atoms with van der Waals surface area (Å²) in [4.78, 5) is 34.0. The zero-order valence-corrected chi connectivity index (χ0v) is 22.4. The lowest BCUT2D eigenvalue weighted by Gasteiger charge is -2.38. The summed E-state index contributed by atoms with van der Waals surface area (Å²) in [6.07, 6.45) is -1.20. The largest absolute Gasteiger partial charge is 0.439 e. The Labute approximate surface area is 241 Å². The zero-order chi connectivity index (χ0) is 30.5. The van der Waals surface area contributed by atoms with Crippen LogP contribution in [0, 0.1) is 5.92 Å². The van der Waals surface area contributed by atoms with Crippen LogP contribution in [0.15, 0.2) is 71.4 Å². The van der Waals surface area contributed by atoms with Crippen molar-refractivity contribution in [2.75, 3.05) is 18.8 Å². The Morgan fingerprint density at radius 1 is 1.00 bits per heavy atom. The van der Waals surface area contributed by atoms with E-state index in [9.17, 15) is 31.5 Å². The molecule has 2 fully saturated rings. The Balaban J connectivity index is 1.13. The van der Waals surface area contributed by atoms with Gasteiger partial charge >= 0.3 is 6.18 Å². The van der Waals surface area contributed by atoms with Crippen LogP contribution >= 0.6 is 0 Å². The fourth-order valence-corrected chi connectivity index (χ4v) is 5.10. The van der Waals surface area contributed by atoms with Crippen molar-refractivity contribution in [1.82, 2.24) is 20.2 Å². The van der Waals surface area contributed by atoms with Gasteiger partial charge < -0.3 is 20.4 Å². The molecule has 1 saturated heterocycles. The summed E-state index contributed by atoms with van der Waals surface area (Å²) in [6, 6.07) is 12.8. The summed E-state index contributed by atoms with van der Waals surface area (Å²) < 4.78 is 74.1. The molecule has 4 aromatic rings. The lowest BCUT2D eigenvalue weighted by molar-refractivity contribution is -0.137. The number of hydrogen-bond donors (Lipinski definition) is 2. The predicted molar refractivity (Wildman–Crippen MR) is 145 cm³/mol. The average Bonchev–Trinajstić information content (AvgIpc) is 3.63. The van der Waals surface area contributed by atoms with Gasteiger partial charge in [0.05, 0.1) is 31.4 Å². The molecule has 0 bridgehead atoms. The molecule has 2 atom stereocenters. The minimum atomic E-state index is -4.75. The molecule has 3 heterocycles. The molecule has 1 aliphatic carbocycles. The van der Waals surface area contributed by atoms with Crippen LogP contribution in [-0.4, -0.2) is 45.7 Å². The second-order valence-electron chi connectivity index (χ2n) is 10.7. The molecule has 2 aliphatic rings. The van der Waals surface area contributed by atoms with Gasteiger partial charge in [0.2, 0.25) is 11.8 Å². The third-order valence-electron chi connectivity index (χ3n) is 7.51. The fourth-order valence-electron chi connectivity index (χ4n) is 5.10. The lowest BCUT2D eigenvalue weighted by Crippen LogP contribution is -2.58. The highest BCUT2D eigenvalue weighted by Gasteiger charge is 2.46. The predicted octanol–water partition coefficient (Wildman–Crippen LogP) is 5.52. The van der Waals surface area contributed by atoms with Gasteiger partial charge in [-0.3, -0.25) is 9.59 Å². The van der Waals surface area contributed by atoms with E-state index >= 15 is 0 Å². The van der Waals surface area contributed by atoms with Gasteiger partial charge in [-0.2, -0.15) is 13.2 Å². The van der Waals surface area contributed by atoms with E-state index in [0.717, 1.165) is 16.5 Å². The molecule has 222 valence electrons. The number of nitrogens with one attached hydrogen (secondary N) is 1. The van der Waals surface area contributed by atoms with E-state index in [2.05, 4.69) is 15.3 Å². The van der Waals surface area contributed by atoms with E-state index in [-0.39, 0.29) is 52.6 Å². The number of likely N-dealkylation sites (tertiary alicyclic amines) is 1. The normalized spacial score (nSPS) is 19.0. The summed E-state index contributed by atoms with van der Waals surface area (Å²) >= 11 is 0. The van der Waals surface area contributed by atoms with E-state index in [4.69, 9.17) is 10.2 Å². The minimum absolute atomic E-state index is 0.0245. The molecule has 43 heavy (non-hydrogen) atoms. The number of nitrogens with zero attached hydrogens (tertiary/aromatic N) is 3. The molecule has 1 aliphatic heterocycles. The molecular weight excluding hydrogens is 573 g/mol. The zero-order valence-electron chi connectivity index (χ0n) is 22.4. The first-order valence-corrected chi connectivity index (χ1v) is 13.3. The first-order chi connectivity index (χ1) is 20.4. The minimum Gasteiger partial charge on any atom is -0.439 e. The van der Waals surface area contributed by atoms with Gasteiger partial charge in [-0.1, -0.05) is 24.3 Å². The molecule has 1 saturated carbocycles. The van der Waals surface area contributed by atoms with Crippen molar-refractivity contribution in [3.63, 3.8) is 0 Å². The van der Waals surface area contributed by atoms with Gasteiger partial charge in [0.25, 0.3) is 11.8 Å². The van der Waals surface area contributed by atoms with Crippen molar-refractivity contribution < 1.29 is 36.0 Å². The first-order valence-electron chi connectivity index (χ1n) is 13.3. The standard InChI is InChI=1S/C30H24F5N5O3/c31-29(32)14-40(15-29)28(42)17-3-1-16(2-4-17)18-5-7-21(24(9-18)30(33,34)35)27-39-13-20(43-27)12-38-26(41)23-10-22(23)19-6-8-25(36)37-11-19/h1-9,11,13,22-23H,10,12,14-15H2,(H2,36,37)(H,38,41)/t22-,23+/m1/s1. The summed E-state index contributed by atoms with van der Waals surface area (Å²) in [5, 5.41) is 2.74. The van der Waals surface area contributed by atoms with E-state index < -0.39 is 36.7 Å². The van der Waals surface area contributed by atoms with Crippen LogP contribution in [-0.2, 0) is 17.5 Å². The molecule has 2 amide bonds. The number of rotatable bonds is 7. The number of carbonyl (C=O) groups is 2.